The molecule has 5 amide bonds. The number of nitrogens with one attached hydrogen (secondary N) is 2. The zero-order valence-corrected chi connectivity index (χ0v) is 15.3. The van der Waals surface area contributed by atoms with Crippen molar-refractivity contribution in [2.24, 2.45) is 0 Å². The maximum absolute atomic E-state index is 12.9. The highest BCUT2D eigenvalue weighted by Crippen LogP contribution is 2.33. The Kier molecular flexibility index (Phi) is 6.07. The zero-order valence-electron chi connectivity index (χ0n) is 15.3. The van der Waals surface area contributed by atoms with Crippen LogP contribution in [0.4, 0.5) is 4.79 Å². The molecule has 1 aromatic rings. The van der Waals surface area contributed by atoms with Gasteiger partial charge < -0.3 is 19.9 Å². The third-order valence-corrected chi connectivity index (χ3v) is 4.44. The van der Waals surface area contributed by atoms with Crippen LogP contribution in [0.5, 0.6) is 5.75 Å². The van der Waals surface area contributed by atoms with Gasteiger partial charge in [0.1, 0.15) is 18.4 Å². The molecule has 3 rings (SSSR count). The number of benzene rings is 1. The first-order valence-corrected chi connectivity index (χ1v) is 8.92. The highest BCUT2D eigenvalue weighted by Gasteiger charge is 2.45. The van der Waals surface area contributed by atoms with Gasteiger partial charge in [0, 0.05) is 13.0 Å². The van der Waals surface area contributed by atoms with Crippen LogP contribution >= 0.6 is 0 Å². The van der Waals surface area contributed by atoms with Crippen molar-refractivity contribution >= 4 is 29.7 Å². The van der Waals surface area contributed by atoms with E-state index in [1.54, 1.807) is 6.07 Å². The van der Waals surface area contributed by atoms with E-state index in [0.717, 1.165) is 4.90 Å². The van der Waals surface area contributed by atoms with E-state index >= 15 is 0 Å². The average molecular weight is 405 g/mol. The number of imide groups is 2. The number of carbonyl (C=O) groups excluding carboxylic acids is 4. The Morgan fingerprint density at radius 1 is 1.17 bits per heavy atom. The van der Waals surface area contributed by atoms with E-state index in [4.69, 9.17) is 14.6 Å². The Morgan fingerprint density at radius 3 is 2.69 bits per heavy atom. The highest BCUT2D eigenvalue weighted by molar-refractivity contribution is 6.24. The number of carbonyl (C=O) groups is 5. The first-order valence-electron chi connectivity index (χ1n) is 8.92. The third-order valence-electron chi connectivity index (χ3n) is 4.44. The number of fused-ring (bicyclic) bond motifs is 1. The summed E-state index contributed by atoms with van der Waals surface area (Å²) in [5.41, 5.74) is 0.193. The van der Waals surface area contributed by atoms with Crippen LogP contribution < -0.4 is 15.4 Å². The molecule has 0 saturated carbocycles. The minimum Gasteiger partial charge on any atom is -0.490 e. The van der Waals surface area contributed by atoms with Crippen molar-refractivity contribution < 1.29 is 38.6 Å². The van der Waals surface area contributed by atoms with Crippen LogP contribution in [0.1, 0.15) is 33.6 Å². The summed E-state index contributed by atoms with van der Waals surface area (Å²) in [6.45, 7) is 0.501. The fourth-order valence-electron chi connectivity index (χ4n) is 3.15. The van der Waals surface area contributed by atoms with E-state index < -0.39 is 35.8 Å². The van der Waals surface area contributed by atoms with E-state index in [1.807, 2.05) is 0 Å². The molecule has 1 aromatic carbocycles. The van der Waals surface area contributed by atoms with E-state index in [2.05, 4.69) is 10.6 Å². The van der Waals surface area contributed by atoms with Gasteiger partial charge >= 0.3 is 6.09 Å². The molecule has 1 saturated heterocycles. The number of rotatable bonds is 8. The predicted molar refractivity (Wildman–Crippen MR) is 95.5 cm³/mol. The Balaban J connectivity index is 1.63. The number of piperidine rings is 1. The molecule has 11 heteroatoms. The van der Waals surface area contributed by atoms with Gasteiger partial charge in [0.05, 0.1) is 24.3 Å². The minimum atomic E-state index is -1.14. The summed E-state index contributed by atoms with van der Waals surface area (Å²) in [4.78, 5) is 60.2. The number of hydrogen-bond acceptors (Lipinski definition) is 7. The van der Waals surface area contributed by atoms with Gasteiger partial charge in [-0.25, -0.2) is 4.79 Å². The Morgan fingerprint density at radius 2 is 1.97 bits per heavy atom. The number of carboxylic acid groups (broad SMARTS) is 1. The summed E-state index contributed by atoms with van der Waals surface area (Å²) in [5, 5.41) is 12.7. The molecule has 2 heterocycles. The maximum Gasteiger partial charge on any atom is 0.404 e. The van der Waals surface area contributed by atoms with Gasteiger partial charge in [0.2, 0.25) is 11.8 Å². The first-order chi connectivity index (χ1) is 13.9. The van der Waals surface area contributed by atoms with Crippen molar-refractivity contribution in [2.45, 2.75) is 18.9 Å². The van der Waals surface area contributed by atoms with Crippen LogP contribution in [0.3, 0.4) is 0 Å². The van der Waals surface area contributed by atoms with E-state index in [1.165, 1.54) is 12.1 Å². The lowest BCUT2D eigenvalue weighted by atomic mass is 10.0. The quantitative estimate of drug-likeness (QED) is 0.396. The molecule has 3 N–H and O–H groups in total. The summed E-state index contributed by atoms with van der Waals surface area (Å²) in [6, 6.07) is 3.52. The Hall–Kier alpha value is -3.47. The van der Waals surface area contributed by atoms with Crippen molar-refractivity contribution in [1.29, 1.82) is 0 Å². The van der Waals surface area contributed by atoms with Crippen molar-refractivity contribution in [3.8, 4) is 5.75 Å². The lowest BCUT2D eigenvalue weighted by Crippen LogP contribution is -2.54. The van der Waals surface area contributed by atoms with Crippen molar-refractivity contribution in [1.82, 2.24) is 15.5 Å². The number of amides is 5. The SMILES string of the molecule is O=C(O)NCCOCCOc1cccc2c1C(=O)N(C1CCC(=O)NC1=O)C2=O. The topological polar surface area (TPSA) is 151 Å². The fourth-order valence-corrected chi connectivity index (χ4v) is 3.15. The summed E-state index contributed by atoms with van der Waals surface area (Å²) < 4.78 is 10.8. The molecule has 0 aliphatic carbocycles. The van der Waals surface area contributed by atoms with Crippen molar-refractivity contribution in [3.63, 3.8) is 0 Å². The Bertz CT molecular complexity index is 869. The molecule has 2 aliphatic heterocycles. The average Bonchev–Trinajstić information content (AvgIpc) is 2.92. The zero-order chi connectivity index (χ0) is 21.0. The van der Waals surface area contributed by atoms with Crippen LogP contribution in [-0.4, -0.2) is 72.1 Å². The lowest BCUT2D eigenvalue weighted by molar-refractivity contribution is -0.136. The van der Waals surface area contributed by atoms with Gasteiger partial charge in [0.25, 0.3) is 11.8 Å². The van der Waals surface area contributed by atoms with Gasteiger partial charge in [-0.05, 0) is 18.6 Å². The minimum absolute atomic E-state index is 0.0429. The van der Waals surface area contributed by atoms with Gasteiger partial charge in [-0.3, -0.25) is 29.4 Å². The second-order valence-corrected chi connectivity index (χ2v) is 6.32. The summed E-state index contributed by atoms with van der Waals surface area (Å²) in [7, 11) is 0. The van der Waals surface area contributed by atoms with Gasteiger partial charge in [-0.2, -0.15) is 0 Å². The van der Waals surface area contributed by atoms with Crippen molar-refractivity contribution in [3.05, 3.63) is 29.3 Å². The molecular formula is C18H19N3O8. The first kappa shape index (κ1) is 20.3. The number of ether oxygens (including phenoxy) is 2. The lowest BCUT2D eigenvalue weighted by Gasteiger charge is -2.27. The normalized spacial score (nSPS) is 18.5. The number of nitrogens with zero attached hydrogens (tertiary/aromatic N) is 1. The predicted octanol–water partition coefficient (Wildman–Crippen LogP) is -0.249. The molecule has 0 bridgehead atoms. The summed E-state index contributed by atoms with van der Waals surface area (Å²) in [6.07, 6.45) is -1.03. The third kappa shape index (κ3) is 4.35. The molecule has 1 unspecified atom stereocenters. The van der Waals surface area contributed by atoms with Crippen LogP contribution in [-0.2, 0) is 14.3 Å². The van der Waals surface area contributed by atoms with E-state index in [0.29, 0.717) is 0 Å². The molecule has 1 atom stereocenters. The van der Waals surface area contributed by atoms with E-state index in [-0.39, 0.29) is 56.1 Å². The summed E-state index contributed by atoms with van der Waals surface area (Å²) >= 11 is 0. The number of hydrogen-bond donors (Lipinski definition) is 3. The second-order valence-electron chi connectivity index (χ2n) is 6.32. The summed E-state index contributed by atoms with van der Waals surface area (Å²) in [5.74, 6) is -2.20. The molecule has 2 aliphatic rings. The molecule has 11 nitrogen and oxygen atoms in total. The molecule has 0 radical (unpaired) electrons. The second kappa shape index (κ2) is 8.69. The van der Waals surface area contributed by atoms with Crippen LogP contribution in [0.2, 0.25) is 0 Å². The van der Waals surface area contributed by atoms with Crippen LogP contribution in [0.25, 0.3) is 0 Å². The molecular weight excluding hydrogens is 386 g/mol. The molecule has 0 aromatic heterocycles. The van der Waals surface area contributed by atoms with Gasteiger partial charge in [-0.1, -0.05) is 6.07 Å². The molecule has 29 heavy (non-hydrogen) atoms. The van der Waals surface area contributed by atoms with E-state index in [9.17, 15) is 24.0 Å². The highest BCUT2D eigenvalue weighted by atomic mass is 16.5. The molecule has 0 spiro atoms. The maximum atomic E-state index is 12.9. The van der Waals surface area contributed by atoms with Gasteiger partial charge in [-0.15, -0.1) is 0 Å². The Labute approximate surface area is 164 Å². The molecule has 1 fully saturated rings. The standard InChI is InChI=1S/C18H19N3O8/c22-13-5-4-11(15(23)20-13)21-16(24)10-2-1-3-12(14(10)17(21)25)29-9-8-28-7-6-19-18(26)27/h1-3,11,19H,4-9H2,(H,26,27)(H,20,22,23). The molecule has 154 valence electrons. The fraction of sp³-hybridized carbons (Fsp3) is 0.389. The largest absolute Gasteiger partial charge is 0.490 e. The monoisotopic (exact) mass is 405 g/mol. The van der Waals surface area contributed by atoms with Gasteiger partial charge in [0.15, 0.2) is 0 Å². The smallest absolute Gasteiger partial charge is 0.404 e. The van der Waals surface area contributed by atoms with Crippen molar-refractivity contribution in [2.75, 3.05) is 26.4 Å². The van der Waals surface area contributed by atoms with Crippen LogP contribution in [0, 0.1) is 0 Å². The van der Waals surface area contributed by atoms with Crippen LogP contribution in [0.15, 0.2) is 18.2 Å².